The van der Waals surface area contributed by atoms with E-state index in [9.17, 15) is 13.2 Å². The molecule has 0 radical (unpaired) electrons. The first-order valence-corrected chi connectivity index (χ1v) is 9.10. The lowest BCUT2D eigenvalue weighted by Gasteiger charge is -2.17. The molecule has 116 valence electrons. The Balaban J connectivity index is 2.29. The lowest BCUT2D eigenvalue weighted by Crippen LogP contribution is -2.28. The van der Waals surface area contributed by atoms with Crippen molar-refractivity contribution >= 4 is 25.6 Å². The van der Waals surface area contributed by atoms with Crippen LogP contribution in [-0.4, -0.2) is 39.4 Å². The van der Waals surface area contributed by atoms with Gasteiger partial charge in [-0.2, -0.15) is 0 Å². The predicted octanol–water partition coefficient (Wildman–Crippen LogP) is 2.49. The fourth-order valence-electron chi connectivity index (χ4n) is 2.10. The van der Waals surface area contributed by atoms with E-state index in [4.69, 9.17) is 15.4 Å². The van der Waals surface area contributed by atoms with Gasteiger partial charge in [0.2, 0.25) is 0 Å². The highest BCUT2D eigenvalue weighted by Gasteiger charge is 2.26. The maximum atomic E-state index is 12.3. The highest BCUT2D eigenvalue weighted by molar-refractivity contribution is 8.13. The second-order valence-corrected chi connectivity index (χ2v) is 7.70. The third-order valence-corrected chi connectivity index (χ3v) is 4.67. The molecule has 0 aromatic heterocycles. The minimum atomic E-state index is -3.97. The van der Waals surface area contributed by atoms with Crippen LogP contribution < -0.4 is 4.74 Å². The van der Waals surface area contributed by atoms with Crippen LogP contribution in [0.5, 0.6) is 5.75 Å². The average molecular weight is 332 g/mol. The van der Waals surface area contributed by atoms with Gasteiger partial charge in [0.25, 0.3) is 15.0 Å². The number of amides is 1. The predicted molar refractivity (Wildman–Crippen MR) is 80.3 cm³/mol. The molecule has 0 aliphatic heterocycles. The summed E-state index contributed by atoms with van der Waals surface area (Å²) in [7, 11) is 3.16. The number of rotatable bonds is 6. The number of ether oxygens (including phenoxy) is 1. The quantitative estimate of drug-likeness (QED) is 0.751. The van der Waals surface area contributed by atoms with Gasteiger partial charge in [-0.25, -0.2) is 8.42 Å². The molecular formula is C14H18ClNO4S. The number of hydrogen-bond donors (Lipinski definition) is 0. The second-order valence-electron chi connectivity index (χ2n) is 5.16. The molecule has 0 spiro atoms. The minimum Gasteiger partial charge on any atom is -0.492 e. The zero-order valence-electron chi connectivity index (χ0n) is 12.0. The fourth-order valence-corrected chi connectivity index (χ4v) is 3.09. The van der Waals surface area contributed by atoms with Crippen LogP contribution in [-0.2, 0) is 9.05 Å². The molecule has 1 aromatic rings. The number of halogens is 1. The molecule has 2 rings (SSSR count). The summed E-state index contributed by atoms with van der Waals surface area (Å²) in [6.07, 6.45) is 2.28. The molecule has 1 fully saturated rings. The molecule has 1 aliphatic carbocycles. The lowest BCUT2D eigenvalue weighted by atomic mass is 10.2. The first kappa shape index (κ1) is 16.1. The van der Waals surface area contributed by atoms with Crippen LogP contribution in [0.1, 0.15) is 30.1 Å². The second kappa shape index (κ2) is 6.23. The Morgan fingerprint density at radius 2 is 2.10 bits per heavy atom. The molecule has 1 amide bonds. The summed E-state index contributed by atoms with van der Waals surface area (Å²) in [6, 6.07) is 4.30. The van der Waals surface area contributed by atoms with Gasteiger partial charge >= 0.3 is 0 Å². The van der Waals surface area contributed by atoms with E-state index < -0.39 is 9.05 Å². The summed E-state index contributed by atoms with van der Waals surface area (Å²) >= 11 is 0. The molecule has 0 atom stereocenters. The first-order valence-electron chi connectivity index (χ1n) is 6.80. The maximum absolute atomic E-state index is 12.3. The number of benzene rings is 1. The third kappa shape index (κ3) is 4.11. The smallest absolute Gasteiger partial charge is 0.265 e. The van der Waals surface area contributed by atoms with E-state index in [1.54, 1.807) is 24.9 Å². The van der Waals surface area contributed by atoms with Gasteiger partial charge in [-0.3, -0.25) is 4.79 Å². The van der Waals surface area contributed by atoms with E-state index in [1.165, 1.54) is 12.1 Å². The highest BCUT2D eigenvalue weighted by atomic mass is 35.7. The summed E-state index contributed by atoms with van der Waals surface area (Å²) in [4.78, 5) is 13.7. The molecule has 1 saturated carbocycles. The Bertz CT molecular complexity index is 640. The number of nitrogens with zero attached hydrogens (tertiary/aromatic N) is 1. The van der Waals surface area contributed by atoms with Crippen LogP contribution in [0, 0.1) is 5.92 Å². The first-order chi connectivity index (χ1) is 9.82. The van der Waals surface area contributed by atoms with Crippen LogP contribution in [0.15, 0.2) is 23.1 Å². The van der Waals surface area contributed by atoms with Crippen molar-refractivity contribution in [2.45, 2.75) is 24.7 Å². The molecule has 0 N–H and O–H groups in total. The zero-order chi connectivity index (χ0) is 15.6. The zero-order valence-corrected chi connectivity index (χ0v) is 13.6. The Morgan fingerprint density at radius 3 is 2.62 bits per heavy atom. The molecule has 1 aliphatic rings. The summed E-state index contributed by atoms with van der Waals surface area (Å²) in [5, 5.41) is 0. The van der Waals surface area contributed by atoms with E-state index in [2.05, 4.69) is 0 Å². The minimum absolute atomic E-state index is 0.161. The molecule has 7 heteroatoms. The third-order valence-electron chi connectivity index (χ3n) is 3.33. The van der Waals surface area contributed by atoms with Crippen molar-refractivity contribution in [3.8, 4) is 5.75 Å². The summed E-state index contributed by atoms with van der Waals surface area (Å²) in [6.45, 7) is 2.75. The van der Waals surface area contributed by atoms with Crippen molar-refractivity contribution < 1.29 is 17.9 Å². The summed E-state index contributed by atoms with van der Waals surface area (Å²) < 4.78 is 28.5. The average Bonchev–Trinajstić information content (AvgIpc) is 3.21. The Kier molecular flexibility index (Phi) is 4.78. The van der Waals surface area contributed by atoms with Gasteiger partial charge in [-0.15, -0.1) is 0 Å². The van der Waals surface area contributed by atoms with Crippen LogP contribution in [0.3, 0.4) is 0 Å². The molecular weight excluding hydrogens is 314 g/mol. The van der Waals surface area contributed by atoms with E-state index in [0.29, 0.717) is 24.6 Å². The van der Waals surface area contributed by atoms with Gasteiger partial charge in [-0.05, 0) is 43.9 Å². The van der Waals surface area contributed by atoms with Gasteiger partial charge in [0.05, 0.1) is 6.61 Å². The highest BCUT2D eigenvalue weighted by Crippen LogP contribution is 2.31. The standard InChI is InChI=1S/C14H18ClNO4S/c1-3-20-12-7-6-11(8-13(12)21(15,18)19)14(17)16(2)9-10-4-5-10/h6-8,10H,3-5,9H2,1-2H3. The van der Waals surface area contributed by atoms with Gasteiger partial charge in [0.15, 0.2) is 0 Å². The van der Waals surface area contributed by atoms with Crippen LogP contribution in [0.2, 0.25) is 0 Å². The maximum Gasteiger partial charge on any atom is 0.265 e. The van der Waals surface area contributed by atoms with Gasteiger partial charge in [0, 0.05) is 29.8 Å². The number of carbonyl (C=O) groups excluding carboxylic acids is 1. The summed E-state index contributed by atoms with van der Waals surface area (Å²) in [5.41, 5.74) is 0.292. The van der Waals surface area contributed by atoms with Crippen molar-refractivity contribution in [3.63, 3.8) is 0 Å². The van der Waals surface area contributed by atoms with Crippen molar-refractivity contribution in [1.82, 2.24) is 4.90 Å². The van der Waals surface area contributed by atoms with E-state index in [-0.39, 0.29) is 16.6 Å². The number of carbonyl (C=O) groups is 1. The molecule has 0 heterocycles. The molecule has 1 aromatic carbocycles. The van der Waals surface area contributed by atoms with E-state index in [0.717, 1.165) is 12.8 Å². The van der Waals surface area contributed by atoms with Gasteiger partial charge < -0.3 is 9.64 Å². The van der Waals surface area contributed by atoms with E-state index >= 15 is 0 Å². The Morgan fingerprint density at radius 1 is 1.43 bits per heavy atom. The molecule has 21 heavy (non-hydrogen) atoms. The lowest BCUT2D eigenvalue weighted by molar-refractivity contribution is 0.0788. The van der Waals surface area contributed by atoms with Crippen molar-refractivity contribution in [3.05, 3.63) is 23.8 Å². The fraction of sp³-hybridized carbons (Fsp3) is 0.500. The molecule has 0 saturated heterocycles. The van der Waals surface area contributed by atoms with Crippen molar-refractivity contribution in [1.29, 1.82) is 0 Å². The normalized spacial score (nSPS) is 14.8. The Labute approximate surface area is 129 Å². The largest absolute Gasteiger partial charge is 0.492 e. The van der Waals surface area contributed by atoms with Gasteiger partial charge in [0.1, 0.15) is 10.6 Å². The SMILES string of the molecule is CCOc1ccc(C(=O)N(C)CC2CC2)cc1S(=O)(=O)Cl. The Hall–Kier alpha value is -1.27. The monoisotopic (exact) mass is 331 g/mol. The van der Waals surface area contributed by atoms with E-state index in [1.807, 2.05) is 0 Å². The van der Waals surface area contributed by atoms with Crippen molar-refractivity contribution in [2.75, 3.05) is 20.2 Å². The topological polar surface area (TPSA) is 63.7 Å². The van der Waals surface area contributed by atoms with Crippen molar-refractivity contribution in [2.24, 2.45) is 5.92 Å². The number of hydrogen-bond acceptors (Lipinski definition) is 4. The molecule has 0 unspecified atom stereocenters. The van der Waals surface area contributed by atoms with Crippen LogP contribution in [0.25, 0.3) is 0 Å². The van der Waals surface area contributed by atoms with Crippen LogP contribution in [0.4, 0.5) is 0 Å². The molecule has 0 bridgehead atoms. The van der Waals surface area contributed by atoms with Gasteiger partial charge in [-0.1, -0.05) is 0 Å². The molecule has 5 nitrogen and oxygen atoms in total. The van der Waals surface area contributed by atoms with Crippen LogP contribution >= 0.6 is 10.7 Å². The summed E-state index contributed by atoms with van der Waals surface area (Å²) in [5.74, 6) is 0.512.